The summed E-state index contributed by atoms with van der Waals surface area (Å²) in [4.78, 5) is 13.0. The number of carbonyl (C=O) groups is 1. The highest BCUT2D eigenvalue weighted by atomic mass is 16.2. The number of hydrogen-bond donors (Lipinski definition) is 2. The lowest BCUT2D eigenvalue weighted by molar-refractivity contribution is 0.0913. The Morgan fingerprint density at radius 2 is 1.89 bits per heavy atom. The molecule has 2 aromatic rings. The van der Waals surface area contributed by atoms with E-state index in [4.69, 9.17) is 0 Å². The van der Waals surface area contributed by atoms with Crippen molar-refractivity contribution in [3.8, 4) is 0 Å². The van der Waals surface area contributed by atoms with E-state index in [1.165, 1.54) is 0 Å². The lowest BCUT2D eigenvalue weighted by Crippen LogP contribution is -2.34. The van der Waals surface area contributed by atoms with Gasteiger partial charge in [-0.2, -0.15) is 0 Å². The summed E-state index contributed by atoms with van der Waals surface area (Å²) in [6.45, 7) is 8.27. The maximum atomic E-state index is 13.0. The molecule has 1 aromatic carbocycles. The smallest absolute Gasteiger partial charge is 0.274 e. The molecule has 2 heterocycles. The minimum Gasteiger partial charge on any atom is -0.343 e. The van der Waals surface area contributed by atoms with Gasteiger partial charge in [-0.05, 0) is 44.3 Å². The van der Waals surface area contributed by atoms with Crippen LogP contribution in [0.5, 0.6) is 0 Å². The molecule has 6 heteroatoms. The third kappa shape index (κ3) is 4.38. The number of piperidine rings is 1. The van der Waals surface area contributed by atoms with Crippen molar-refractivity contribution in [1.82, 2.24) is 25.6 Å². The molecule has 2 N–H and O–H groups in total. The molecule has 1 amide bonds. The summed E-state index contributed by atoms with van der Waals surface area (Å²) >= 11 is 0. The van der Waals surface area contributed by atoms with Gasteiger partial charge in [0.1, 0.15) is 0 Å². The van der Waals surface area contributed by atoms with Gasteiger partial charge >= 0.3 is 0 Å². The van der Waals surface area contributed by atoms with E-state index < -0.39 is 0 Å². The number of hydrogen-bond acceptors (Lipinski definition) is 4. The first-order valence-corrected chi connectivity index (χ1v) is 10.1. The van der Waals surface area contributed by atoms with Crippen LogP contribution in [0.2, 0.25) is 0 Å². The average Bonchev–Trinajstić information content (AvgIpc) is 3.11. The number of amides is 1. The first-order chi connectivity index (χ1) is 13.2. The average molecular weight is 370 g/mol. The maximum absolute atomic E-state index is 13.0. The quantitative estimate of drug-likeness (QED) is 0.784. The SMILES string of the molecule is CCC(CC)C(NC(=O)c1nnn(C2CCNCC2)c1C)c1ccccc1. The molecule has 146 valence electrons. The monoisotopic (exact) mass is 369 g/mol. The predicted octanol–water partition coefficient (Wildman–Crippen LogP) is 3.42. The summed E-state index contributed by atoms with van der Waals surface area (Å²) in [5.41, 5.74) is 2.44. The van der Waals surface area contributed by atoms with Crippen molar-refractivity contribution in [2.45, 2.75) is 58.5 Å². The van der Waals surface area contributed by atoms with Crippen LogP contribution in [-0.2, 0) is 0 Å². The molecule has 1 fully saturated rings. The third-order valence-electron chi connectivity index (χ3n) is 5.76. The van der Waals surface area contributed by atoms with Crippen molar-refractivity contribution in [1.29, 1.82) is 0 Å². The molecule has 3 rings (SSSR count). The molecule has 0 radical (unpaired) electrons. The molecular formula is C21H31N5O. The molecular weight excluding hydrogens is 338 g/mol. The Bertz CT molecular complexity index is 732. The summed E-state index contributed by atoms with van der Waals surface area (Å²) in [6, 6.07) is 10.5. The molecule has 0 aliphatic carbocycles. The van der Waals surface area contributed by atoms with Crippen LogP contribution in [0.15, 0.2) is 30.3 Å². The first-order valence-electron chi connectivity index (χ1n) is 10.1. The molecule has 1 aliphatic rings. The zero-order valence-electron chi connectivity index (χ0n) is 16.6. The molecule has 1 aliphatic heterocycles. The van der Waals surface area contributed by atoms with E-state index in [1.54, 1.807) is 0 Å². The Hall–Kier alpha value is -2.21. The second-order valence-corrected chi connectivity index (χ2v) is 7.39. The van der Waals surface area contributed by atoms with E-state index in [0.717, 1.165) is 50.0 Å². The van der Waals surface area contributed by atoms with E-state index in [2.05, 4.69) is 46.9 Å². The molecule has 0 bridgehead atoms. The van der Waals surface area contributed by atoms with Crippen molar-refractivity contribution in [3.05, 3.63) is 47.3 Å². The van der Waals surface area contributed by atoms with Gasteiger partial charge in [-0.15, -0.1) is 5.10 Å². The van der Waals surface area contributed by atoms with Gasteiger partial charge in [0.25, 0.3) is 5.91 Å². The fourth-order valence-electron chi connectivity index (χ4n) is 4.05. The summed E-state index contributed by atoms with van der Waals surface area (Å²) in [5, 5.41) is 15.1. The van der Waals surface area contributed by atoms with Gasteiger partial charge in [-0.3, -0.25) is 4.79 Å². The van der Waals surface area contributed by atoms with E-state index >= 15 is 0 Å². The Morgan fingerprint density at radius 1 is 1.22 bits per heavy atom. The van der Waals surface area contributed by atoms with Gasteiger partial charge in [0.05, 0.1) is 17.8 Å². The Balaban J connectivity index is 1.80. The Kier molecular flexibility index (Phi) is 6.61. The second-order valence-electron chi connectivity index (χ2n) is 7.39. The Morgan fingerprint density at radius 3 is 2.52 bits per heavy atom. The Labute approximate surface area is 161 Å². The van der Waals surface area contributed by atoms with Crippen molar-refractivity contribution in [2.24, 2.45) is 5.92 Å². The minimum atomic E-state index is -0.131. The van der Waals surface area contributed by atoms with E-state index in [0.29, 0.717) is 17.7 Å². The van der Waals surface area contributed by atoms with Gasteiger partial charge in [-0.25, -0.2) is 4.68 Å². The number of nitrogens with one attached hydrogen (secondary N) is 2. The molecule has 6 nitrogen and oxygen atoms in total. The normalized spacial score (nSPS) is 16.4. The fourth-order valence-corrected chi connectivity index (χ4v) is 4.05. The van der Waals surface area contributed by atoms with Crippen LogP contribution in [0.25, 0.3) is 0 Å². The van der Waals surface area contributed by atoms with Crippen molar-refractivity contribution < 1.29 is 4.79 Å². The summed E-state index contributed by atoms with van der Waals surface area (Å²) in [6.07, 6.45) is 4.06. The first kappa shape index (κ1) is 19.5. The zero-order valence-corrected chi connectivity index (χ0v) is 16.6. The van der Waals surface area contributed by atoms with Crippen LogP contribution in [0.1, 0.15) is 73.4 Å². The van der Waals surface area contributed by atoms with Crippen LogP contribution < -0.4 is 10.6 Å². The van der Waals surface area contributed by atoms with Gasteiger partial charge in [0.2, 0.25) is 0 Å². The van der Waals surface area contributed by atoms with Gasteiger partial charge < -0.3 is 10.6 Å². The number of benzene rings is 1. The highest BCUT2D eigenvalue weighted by molar-refractivity contribution is 5.93. The standard InChI is InChI=1S/C21H31N5O/c1-4-16(5-2)20(17-9-7-6-8-10-17)23-21(27)19-15(3)26(25-24-19)18-11-13-22-14-12-18/h6-10,16,18,20,22H,4-5,11-14H2,1-3H3,(H,23,27). The van der Waals surface area contributed by atoms with Crippen molar-refractivity contribution >= 4 is 5.91 Å². The number of nitrogens with zero attached hydrogens (tertiary/aromatic N) is 3. The second kappa shape index (κ2) is 9.13. The van der Waals surface area contributed by atoms with Crippen LogP contribution in [0, 0.1) is 12.8 Å². The fraction of sp³-hybridized carbons (Fsp3) is 0.571. The van der Waals surface area contributed by atoms with Gasteiger partial charge in [0, 0.05) is 0 Å². The lowest BCUT2D eigenvalue weighted by atomic mass is 9.88. The van der Waals surface area contributed by atoms with Gasteiger partial charge in [0.15, 0.2) is 5.69 Å². The van der Waals surface area contributed by atoms with Gasteiger partial charge in [-0.1, -0.05) is 62.2 Å². The summed E-state index contributed by atoms with van der Waals surface area (Å²) < 4.78 is 1.93. The van der Waals surface area contributed by atoms with Crippen LogP contribution in [0.3, 0.4) is 0 Å². The van der Waals surface area contributed by atoms with E-state index in [1.807, 2.05) is 29.8 Å². The van der Waals surface area contributed by atoms with Crippen LogP contribution in [-0.4, -0.2) is 34.0 Å². The molecule has 1 unspecified atom stereocenters. The highest BCUT2D eigenvalue weighted by Crippen LogP contribution is 2.28. The van der Waals surface area contributed by atoms with E-state index in [9.17, 15) is 4.79 Å². The molecule has 0 spiro atoms. The highest BCUT2D eigenvalue weighted by Gasteiger charge is 2.27. The van der Waals surface area contributed by atoms with Crippen molar-refractivity contribution in [2.75, 3.05) is 13.1 Å². The number of aromatic nitrogens is 3. The minimum absolute atomic E-state index is 0.0165. The van der Waals surface area contributed by atoms with Crippen LogP contribution >= 0.6 is 0 Å². The molecule has 1 saturated heterocycles. The molecule has 27 heavy (non-hydrogen) atoms. The largest absolute Gasteiger partial charge is 0.343 e. The van der Waals surface area contributed by atoms with Crippen LogP contribution in [0.4, 0.5) is 0 Å². The van der Waals surface area contributed by atoms with Crippen molar-refractivity contribution in [3.63, 3.8) is 0 Å². The molecule has 1 atom stereocenters. The topological polar surface area (TPSA) is 71.8 Å². The number of carbonyl (C=O) groups excluding carboxylic acids is 1. The van der Waals surface area contributed by atoms with E-state index in [-0.39, 0.29) is 11.9 Å². The summed E-state index contributed by atoms with van der Waals surface area (Å²) in [7, 11) is 0. The predicted molar refractivity (Wildman–Crippen MR) is 107 cm³/mol. The molecule has 1 aromatic heterocycles. The zero-order chi connectivity index (χ0) is 19.2. The third-order valence-corrected chi connectivity index (χ3v) is 5.76. The maximum Gasteiger partial charge on any atom is 0.274 e. The summed E-state index contributed by atoms with van der Waals surface area (Å²) in [5.74, 6) is 0.254. The lowest BCUT2D eigenvalue weighted by Gasteiger charge is -2.27. The number of rotatable bonds is 7. The molecule has 0 saturated carbocycles.